The number of nitrogens with one attached hydrogen (secondary N) is 1. The lowest BCUT2D eigenvalue weighted by atomic mass is 10.1. The molecule has 1 aromatic carbocycles. The summed E-state index contributed by atoms with van der Waals surface area (Å²) in [7, 11) is 1.62. The predicted octanol–water partition coefficient (Wildman–Crippen LogP) is 3.56. The Kier molecular flexibility index (Phi) is 3.27. The van der Waals surface area contributed by atoms with Crippen molar-refractivity contribution in [3.8, 4) is 5.75 Å². The maximum Gasteiger partial charge on any atom is 0.160 e. The second-order valence-electron chi connectivity index (χ2n) is 4.20. The van der Waals surface area contributed by atoms with Crippen molar-refractivity contribution in [1.82, 2.24) is 0 Å². The van der Waals surface area contributed by atoms with E-state index in [0.717, 1.165) is 5.69 Å². The molecule has 2 nitrogen and oxygen atoms in total. The van der Waals surface area contributed by atoms with Crippen molar-refractivity contribution in [3.63, 3.8) is 0 Å². The number of para-hydroxylation sites is 1. The van der Waals surface area contributed by atoms with E-state index in [1.807, 2.05) is 18.2 Å². The van der Waals surface area contributed by atoms with Crippen LogP contribution in [-0.4, -0.2) is 12.6 Å². The van der Waals surface area contributed by atoms with Crippen molar-refractivity contribution in [2.75, 3.05) is 12.4 Å². The van der Waals surface area contributed by atoms with Gasteiger partial charge in [0.25, 0.3) is 0 Å². The van der Waals surface area contributed by atoms with Gasteiger partial charge in [-0.1, -0.05) is 17.7 Å². The minimum atomic E-state index is -0.00202. The zero-order chi connectivity index (χ0) is 10.8. The van der Waals surface area contributed by atoms with E-state index >= 15 is 0 Å². The normalized spacial score (nSPS) is 11.2. The van der Waals surface area contributed by atoms with Gasteiger partial charge < -0.3 is 10.1 Å². The summed E-state index contributed by atoms with van der Waals surface area (Å²) in [6.45, 7) is 6.27. The van der Waals surface area contributed by atoms with Crippen LogP contribution in [0.3, 0.4) is 0 Å². The highest BCUT2D eigenvalue weighted by molar-refractivity contribution is 6.32. The van der Waals surface area contributed by atoms with Gasteiger partial charge in [-0.2, -0.15) is 0 Å². The van der Waals surface area contributed by atoms with Crippen LogP contribution in [0.15, 0.2) is 18.2 Å². The summed E-state index contributed by atoms with van der Waals surface area (Å²) in [5.74, 6) is 0.698. The average Bonchev–Trinajstić information content (AvgIpc) is 2.01. The van der Waals surface area contributed by atoms with Crippen molar-refractivity contribution >= 4 is 17.3 Å². The molecule has 0 radical (unpaired) electrons. The Morgan fingerprint density at radius 3 is 2.43 bits per heavy atom. The molecule has 0 saturated heterocycles. The van der Waals surface area contributed by atoms with E-state index in [-0.39, 0.29) is 5.54 Å². The molecule has 14 heavy (non-hydrogen) atoms. The lowest BCUT2D eigenvalue weighted by Crippen LogP contribution is -2.26. The van der Waals surface area contributed by atoms with Crippen molar-refractivity contribution in [2.24, 2.45) is 0 Å². The Balaban J connectivity index is 3.02. The SMILES string of the molecule is COc1c(Cl)cccc1NC(C)(C)C. The molecule has 1 N–H and O–H groups in total. The van der Waals surface area contributed by atoms with Crippen molar-refractivity contribution < 1.29 is 4.74 Å². The minimum Gasteiger partial charge on any atom is -0.493 e. The van der Waals surface area contributed by atoms with Gasteiger partial charge in [0, 0.05) is 5.54 Å². The van der Waals surface area contributed by atoms with Crippen LogP contribution >= 0.6 is 11.6 Å². The van der Waals surface area contributed by atoms with Gasteiger partial charge in [0.2, 0.25) is 0 Å². The molecule has 0 aliphatic carbocycles. The molecular formula is C11H16ClNO. The van der Waals surface area contributed by atoms with E-state index in [2.05, 4.69) is 26.1 Å². The highest BCUT2D eigenvalue weighted by atomic mass is 35.5. The smallest absolute Gasteiger partial charge is 0.160 e. The van der Waals surface area contributed by atoms with Gasteiger partial charge in [0.15, 0.2) is 5.75 Å². The summed E-state index contributed by atoms with van der Waals surface area (Å²) in [6, 6.07) is 5.67. The Morgan fingerprint density at radius 2 is 1.93 bits per heavy atom. The monoisotopic (exact) mass is 213 g/mol. The Hall–Kier alpha value is -0.890. The second-order valence-corrected chi connectivity index (χ2v) is 4.60. The fourth-order valence-corrected chi connectivity index (χ4v) is 1.47. The highest BCUT2D eigenvalue weighted by Crippen LogP contribution is 2.33. The van der Waals surface area contributed by atoms with E-state index in [9.17, 15) is 0 Å². The third kappa shape index (κ3) is 2.81. The van der Waals surface area contributed by atoms with E-state index in [1.165, 1.54) is 0 Å². The van der Waals surface area contributed by atoms with Crippen LogP contribution in [0.25, 0.3) is 0 Å². The molecule has 0 atom stereocenters. The minimum absolute atomic E-state index is 0.00202. The summed E-state index contributed by atoms with van der Waals surface area (Å²) >= 11 is 5.99. The number of anilines is 1. The number of rotatable bonds is 2. The van der Waals surface area contributed by atoms with Gasteiger partial charge in [-0.05, 0) is 32.9 Å². The topological polar surface area (TPSA) is 21.3 Å². The summed E-state index contributed by atoms with van der Waals surface area (Å²) in [4.78, 5) is 0. The lowest BCUT2D eigenvalue weighted by Gasteiger charge is -2.23. The number of methoxy groups -OCH3 is 1. The van der Waals surface area contributed by atoms with E-state index in [0.29, 0.717) is 10.8 Å². The van der Waals surface area contributed by atoms with Crippen LogP contribution in [0.1, 0.15) is 20.8 Å². The molecule has 1 rings (SSSR count). The van der Waals surface area contributed by atoms with Gasteiger partial charge >= 0.3 is 0 Å². The standard InChI is InChI=1S/C11H16ClNO/c1-11(2,3)13-9-7-5-6-8(12)10(9)14-4/h5-7,13H,1-4H3. The molecule has 0 aliphatic heterocycles. The molecule has 0 aromatic heterocycles. The Morgan fingerprint density at radius 1 is 1.29 bits per heavy atom. The van der Waals surface area contributed by atoms with E-state index < -0.39 is 0 Å². The maximum absolute atomic E-state index is 5.99. The molecule has 3 heteroatoms. The summed E-state index contributed by atoms with van der Waals surface area (Å²) in [5.41, 5.74) is 0.922. The Bertz CT molecular complexity index is 318. The summed E-state index contributed by atoms with van der Waals surface area (Å²) in [6.07, 6.45) is 0. The quantitative estimate of drug-likeness (QED) is 0.811. The van der Waals surface area contributed by atoms with Gasteiger partial charge in [-0.25, -0.2) is 0 Å². The van der Waals surface area contributed by atoms with Crippen LogP contribution in [-0.2, 0) is 0 Å². The molecule has 0 bridgehead atoms. The first kappa shape index (κ1) is 11.2. The molecule has 78 valence electrons. The van der Waals surface area contributed by atoms with Gasteiger partial charge in [-0.3, -0.25) is 0 Å². The molecule has 0 fully saturated rings. The number of halogens is 1. The second kappa shape index (κ2) is 4.09. The first-order chi connectivity index (χ1) is 6.44. The fraction of sp³-hybridized carbons (Fsp3) is 0.455. The molecule has 0 unspecified atom stereocenters. The predicted molar refractivity (Wildman–Crippen MR) is 61.4 cm³/mol. The number of benzene rings is 1. The van der Waals surface area contributed by atoms with Crippen molar-refractivity contribution in [2.45, 2.75) is 26.3 Å². The molecule has 0 spiro atoms. The molecule has 0 amide bonds. The summed E-state index contributed by atoms with van der Waals surface area (Å²) in [5, 5.41) is 3.96. The Labute approximate surface area is 90.2 Å². The van der Waals surface area contributed by atoms with Gasteiger partial charge in [-0.15, -0.1) is 0 Å². The number of hydrogen-bond donors (Lipinski definition) is 1. The van der Waals surface area contributed by atoms with Crippen molar-refractivity contribution in [1.29, 1.82) is 0 Å². The third-order valence-corrected chi connectivity index (χ3v) is 1.98. The fourth-order valence-electron chi connectivity index (χ4n) is 1.22. The zero-order valence-electron chi connectivity index (χ0n) is 9.02. The molecular weight excluding hydrogens is 198 g/mol. The van der Waals surface area contributed by atoms with Crippen LogP contribution in [0.2, 0.25) is 5.02 Å². The molecule has 0 heterocycles. The van der Waals surface area contributed by atoms with Crippen LogP contribution < -0.4 is 10.1 Å². The average molecular weight is 214 g/mol. The van der Waals surface area contributed by atoms with Gasteiger partial charge in [0.1, 0.15) is 0 Å². The highest BCUT2D eigenvalue weighted by Gasteiger charge is 2.13. The number of hydrogen-bond acceptors (Lipinski definition) is 2. The number of ether oxygens (including phenoxy) is 1. The first-order valence-corrected chi connectivity index (χ1v) is 4.92. The van der Waals surface area contributed by atoms with Crippen LogP contribution in [0.5, 0.6) is 5.75 Å². The van der Waals surface area contributed by atoms with Crippen molar-refractivity contribution in [3.05, 3.63) is 23.2 Å². The molecule has 0 saturated carbocycles. The van der Waals surface area contributed by atoms with Crippen LogP contribution in [0, 0.1) is 0 Å². The first-order valence-electron chi connectivity index (χ1n) is 4.55. The van der Waals surface area contributed by atoms with Gasteiger partial charge in [0.05, 0.1) is 17.8 Å². The lowest BCUT2D eigenvalue weighted by molar-refractivity contribution is 0.415. The molecule has 0 aliphatic rings. The largest absolute Gasteiger partial charge is 0.493 e. The zero-order valence-corrected chi connectivity index (χ0v) is 9.77. The molecule has 1 aromatic rings. The van der Waals surface area contributed by atoms with E-state index in [4.69, 9.17) is 16.3 Å². The third-order valence-electron chi connectivity index (χ3n) is 1.68. The summed E-state index contributed by atoms with van der Waals surface area (Å²) < 4.78 is 5.23. The van der Waals surface area contributed by atoms with E-state index in [1.54, 1.807) is 7.11 Å². The van der Waals surface area contributed by atoms with Crippen LogP contribution in [0.4, 0.5) is 5.69 Å². The maximum atomic E-state index is 5.99.